The standard InChI is InChI=1S/C32H48N6O/c1-24-13-14-27-11-10-15-34-16-20-36(5)26(3)23-31(37-17-8-9-18-37)35-25(2)22-29(33-4)30-12-6-7-19-38(30)32(39)28(27)21-24/h13-14,21-23,30,34H,6-12,15-20H2,1-5H3/b25-22+,26-23+,33-29?,35-31-. The predicted octanol–water partition coefficient (Wildman–Crippen LogP) is 4.83. The maximum absolute atomic E-state index is 14.1. The quantitative estimate of drug-likeness (QED) is 0.520. The molecule has 0 spiro atoms. The molecule has 3 aliphatic rings. The molecular weight excluding hydrogens is 484 g/mol. The molecule has 3 heterocycles. The fourth-order valence-corrected chi connectivity index (χ4v) is 5.87. The van der Waals surface area contributed by atoms with Gasteiger partial charge in [-0.1, -0.05) is 17.7 Å². The second-order valence-corrected chi connectivity index (χ2v) is 11.3. The molecule has 4 rings (SSSR count). The molecular formula is C32H48N6O. The van der Waals surface area contributed by atoms with Crippen molar-refractivity contribution >= 4 is 17.5 Å². The van der Waals surface area contributed by atoms with Crippen LogP contribution in [0.5, 0.6) is 0 Å². The van der Waals surface area contributed by atoms with Gasteiger partial charge in [-0.2, -0.15) is 0 Å². The zero-order valence-corrected chi connectivity index (χ0v) is 24.8. The number of fused-ring (bicyclic) bond motifs is 2. The first-order valence-electron chi connectivity index (χ1n) is 14.9. The Morgan fingerprint density at radius 2 is 1.72 bits per heavy atom. The summed E-state index contributed by atoms with van der Waals surface area (Å²) in [7, 11) is 4.01. The molecule has 1 aromatic rings. The molecule has 1 N–H and O–H groups in total. The number of carbonyl (C=O) groups excluding carboxylic acids is 1. The van der Waals surface area contributed by atoms with Crippen LogP contribution in [-0.4, -0.2) is 91.6 Å². The molecule has 0 saturated carbocycles. The van der Waals surface area contributed by atoms with Crippen molar-refractivity contribution in [2.45, 2.75) is 71.8 Å². The van der Waals surface area contributed by atoms with E-state index in [1.807, 2.05) is 7.05 Å². The number of benzene rings is 1. The first-order chi connectivity index (χ1) is 18.9. The van der Waals surface area contributed by atoms with Crippen LogP contribution in [-0.2, 0) is 6.42 Å². The van der Waals surface area contributed by atoms with Gasteiger partial charge < -0.3 is 20.0 Å². The van der Waals surface area contributed by atoms with Crippen molar-refractivity contribution in [1.29, 1.82) is 0 Å². The molecule has 212 valence electrons. The lowest BCUT2D eigenvalue weighted by Gasteiger charge is -2.36. The van der Waals surface area contributed by atoms with E-state index in [1.165, 1.54) is 18.5 Å². The van der Waals surface area contributed by atoms with Gasteiger partial charge in [0, 0.05) is 63.8 Å². The number of rotatable bonds is 0. The van der Waals surface area contributed by atoms with Gasteiger partial charge in [-0.15, -0.1) is 0 Å². The number of aryl methyl sites for hydroxylation is 2. The average Bonchev–Trinajstić information content (AvgIpc) is 3.48. The number of amides is 1. The summed E-state index contributed by atoms with van der Waals surface area (Å²) < 4.78 is 0. The van der Waals surface area contributed by atoms with Gasteiger partial charge in [-0.25, -0.2) is 4.99 Å². The van der Waals surface area contributed by atoms with E-state index in [1.54, 1.807) is 0 Å². The highest BCUT2D eigenvalue weighted by atomic mass is 16.2. The first kappa shape index (κ1) is 29.1. The van der Waals surface area contributed by atoms with Gasteiger partial charge in [-0.3, -0.25) is 9.79 Å². The minimum Gasteiger partial charge on any atom is -0.377 e. The van der Waals surface area contributed by atoms with Gasteiger partial charge in [-0.05, 0) is 96.0 Å². The maximum atomic E-state index is 14.1. The maximum Gasteiger partial charge on any atom is 0.254 e. The second kappa shape index (κ2) is 13.9. The van der Waals surface area contributed by atoms with Gasteiger partial charge in [0.2, 0.25) is 0 Å². The van der Waals surface area contributed by atoms with E-state index >= 15 is 0 Å². The van der Waals surface area contributed by atoms with Crippen LogP contribution in [0, 0.1) is 6.92 Å². The number of nitrogens with zero attached hydrogens (tertiary/aromatic N) is 5. The highest BCUT2D eigenvalue weighted by molar-refractivity contribution is 6.05. The molecule has 3 aliphatic heterocycles. The molecule has 0 aliphatic carbocycles. The lowest BCUT2D eigenvalue weighted by Crippen LogP contribution is -2.48. The molecule has 2 fully saturated rings. The summed E-state index contributed by atoms with van der Waals surface area (Å²) >= 11 is 0. The molecule has 1 amide bonds. The fourth-order valence-electron chi connectivity index (χ4n) is 5.87. The summed E-state index contributed by atoms with van der Waals surface area (Å²) in [6.45, 7) is 11.9. The third kappa shape index (κ3) is 7.59. The van der Waals surface area contributed by atoms with Crippen molar-refractivity contribution in [2.75, 3.05) is 53.4 Å². The van der Waals surface area contributed by atoms with E-state index in [2.05, 4.69) is 78.2 Å². The van der Waals surface area contributed by atoms with E-state index < -0.39 is 0 Å². The fraction of sp³-hybridized carbons (Fsp3) is 0.594. The van der Waals surface area contributed by atoms with E-state index in [9.17, 15) is 4.79 Å². The minimum absolute atomic E-state index is 0.0304. The van der Waals surface area contributed by atoms with Crippen LogP contribution in [0.1, 0.15) is 73.9 Å². The Morgan fingerprint density at radius 3 is 2.49 bits per heavy atom. The molecule has 7 heteroatoms. The van der Waals surface area contributed by atoms with Crippen LogP contribution < -0.4 is 5.32 Å². The predicted molar refractivity (Wildman–Crippen MR) is 163 cm³/mol. The van der Waals surface area contributed by atoms with Crippen LogP contribution in [0.2, 0.25) is 0 Å². The Bertz CT molecular complexity index is 1130. The number of hydrogen-bond acceptors (Lipinski definition) is 6. The minimum atomic E-state index is -0.0304. The van der Waals surface area contributed by atoms with Crippen molar-refractivity contribution < 1.29 is 4.79 Å². The Morgan fingerprint density at radius 1 is 0.949 bits per heavy atom. The van der Waals surface area contributed by atoms with Gasteiger partial charge in [0.05, 0.1) is 11.8 Å². The van der Waals surface area contributed by atoms with Crippen LogP contribution >= 0.6 is 0 Å². The van der Waals surface area contributed by atoms with Gasteiger partial charge in [0.15, 0.2) is 0 Å². The number of carbonyl (C=O) groups is 1. The van der Waals surface area contributed by atoms with Crippen molar-refractivity contribution in [3.05, 3.63) is 58.4 Å². The molecule has 39 heavy (non-hydrogen) atoms. The number of likely N-dealkylation sites (N-methyl/N-ethyl adjacent to an activating group) is 1. The molecule has 1 atom stereocenters. The van der Waals surface area contributed by atoms with Crippen LogP contribution in [0.3, 0.4) is 0 Å². The van der Waals surface area contributed by atoms with Crippen LogP contribution in [0.4, 0.5) is 0 Å². The first-order valence-corrected chi connectivity index (χ1v) is 14.9. The van der Waals surface area contributed by atoms with Crippen molar-refractivity contribution in [3.8, 4) is 0 Å². The second-order valence-electron chi connectivity index (χ2n) is 11.3. The summed E-state index contributed by atoms with van der Waals surface area (Å²) in [6.07, 6.45) is 11.7. The summed E-state index contributed by atoms with van der Waals surface area (Å²) in [6, 6.07) is 6.34. The smallest absolute Gasteiger partial charge is 0.254 e. The Hall–Kier alpha value is -2.93. The van der Waals surface area contributed by atoms with E-state index in [-0.39, 0.29) is 11.9 Å². The number of amidine groups is 1. The van der Waals surface area contributed by atoms with Gasteiger partial charge in [0.25, 0.3) is 5.91 Å². The Labute approximate surface area is 235 Å². The Balaban J connectivity index is 1.73. The molecule has 0 bridgehead atoms. The van der Waals surface area contributed by atoms with Crippen molar-refractivity contribution in [1.82, 2.24) is 20.0 Å². The average molecular weight is 533 g/mol. The number of nitrogens with one attached hydrogen (secondary N) is 1. The highest BCUT2D eigenvalue weighted by Gasteiger charge is 2.31. The van der Waals surface area contributed by atoms with Gasteiger partial charge >= 0.3 is 0 Å². The third-order valence-electron chi connectivity index (χ3n) is 8.30. The number of piperidine rings is 1. The zero-order valence-electron chi connectivity index (χ0n) is 24.8. The molecule has 1 aromatic carbocycles. The summed E-state index contributed by atoms with van der Waals surface area (Å²) in [4.78, 5) is 30.7. The summed E-state index contributed by atoms with van der Waals surface area (Å²) in [5, 5.41) is 3.61. The summed E-state index contributed by atoms with van der Waals surface area (Å²) in [5.74, 6) is 1.16. The largest absolute Gasteiger partial charge is 0.377 e. The Kier molecular flexibility index (Phi) is 10.4. The SMILES string of the molecule is CN=C1/C=C(C)/N=C(N2CCCC2)/C=C(\C)N(C)CCNCCCc2ccc(C)cc2C(=O)N2CCCCC12. The van der Waals surface area contributed by atoms with E-state index in [4.69, 9.17) is 9.98 Å². The topological polar surface area (TPSA) is 63.5 Å². The van der Waals surface area contributed by atoms with Crippen molar-refractivity contribution in [2.24, 2.45) is 9.98 Å². The van der Waals surface area contributed by atoms with E-state index in [0.717, 1.165) is 105 Å². The summed E-state index contributed by atoms with van der Waals surface area (Å²) in [5.41, 5.74) is 6.21. The molecule has 0 radical (unpaired) electrons. The monoisotopic (exact) mass is 532 g/mol. The highest BCUT2D eigenvalue weighted by Crippen LogP contribution is 2.25. The lowest BCUT2D eigenvalue weighted by molar-refractivity contribution is 0.0680. The third-order valence-corrected chi connectivity index (χ3v) is 8.30. The number of allylic oxidation sites excluding steroid dienone is 2. The number of likely N-dealkylation sites (tertiary alicyclic amines) is 1. The molecule has 0 aromatic heterocycles. The normalized spacial score (nSPS) is 27.8. The lowest BCUT2D eigenvalue weighted by atomic mass is 9.94. The van der Waals surface area contributed by atoms with Gasteiger partial charge in [0.1, 0.15) is 5.84 Å². The molecule has 7 nitrogen and oxygen atoms in total. The van der Waals surface area contributed by atoms with E-state index in [0.29, 0.717) is 0 Å². The van der Waals surface area contributed by atoms with Crippen molar-refractivity contribution in [3.63, 3.8) is 0 Å². The zero-order chi connectivity index (χ0) is 27.8. The number of hydrogen-bond donors (Lipinski definition) is 1. The number of aliphatic imine (C=N–C) groups is 2. The van der Waals surface area contributed by atoms with Crippen LogP contribution in [0.25, 0.3) is 0 Å². The van der Waals surface area contributed by atoms with Crippen LogP contribution in [0.15, 0.2) is 51.7 Å². The molecule has 2 saturated heterocycles. The molecule has 1 unspecified atom stereocenters.